The second-order valence-corrected chi connectivity index (χ2v) is 5.63. The first-order valence-corrected chi connectivity index (χ1v) is 5.60. The molecule has 0 spiro atoms. The van der Waals surface area contributed by atoms with Crippen LogP contribution in [-0.4, -0.2) is 17.1 Å². The Hall–Kier alpha value is -0.570. The van der Waals surface area contributed by atoms with E-state index >= 15 is 0 Å². The Labute approximate surface area is 83.7 Å². The van der Waals surface area contributed by atoms with Crippen LogP contribution in [0.15, 0.2) is 0 Å². The Balaban J connectivity index is 1.96. The standard InChI is InChI=1S/C11H17NO2/c12-9-7-1-6-2-8(9)5-11(3-6,4-7)10(13)14/h6-9H,1-5,12H2,(H,13,14)/t6?,7-,8+,9-,11-. The molecule has 3 N–H and O–H groups in total. The average molecular weight is 195 g/mol. The second-order valence-electron chi connectivity index (χ2n) is 5.63. The van der Waals surface area contributed by atoms with Crippen LogP contribution < -0.4 is 5.73 Å². The van der Waals surface area contributed by atoms with Crippen LogP contribution in [0, 0.1) is 23.2 Å². The molecule has 4 saturated carbocycles. The summed E-state index contributed by atoms with van der Waals surface area (Å²) in [6, 6.07) is 0.291. The predicted molar refractivity (Wildman–Crippen MR) is 51.6 cm³/mol. The van der Waals surface area contributed by atoms with Crippen molar-refractivity contribution in [3.63, 3.8) is 0 Å². The number of nitrogens with two attached hydrogens (primary N) is 1. The molecule has 0 aromatic rings. The quantitative estimate of drug-likeness (QED) is 0.661. The number of hydrogen-bond acceptors (Lipinski definition) is 2. The maximum absolute atomic E-state index is 11.3. The van der Waals surface area contributed by atoms with E-state index in [4.69, 9.17) is 5.73 Å². The van der Waals surface area contributed by atoms with E-state index in [1.807, 2.05) is 0 Å². The van der Waals surface area contributed by atoms with Gasteiger partial charge in [0, 0.05) is 6.04 Å². The van der Waals surface area contributed by atoms with Crippen LogP contribution in [0.5, 0.6) is 0 Å². The minimum Gasteiger partial charge on any atom is -0.481 e. The lowest BCUT2D eigenvalue weighted by atomic mass is 9.48. The molecule has 0 heterocycles. The van der Waals surface area contributed by atoms with E-state index in [2.05, 4.69) is 0 Å². The molecule has 4 rings (SSSR count). The molecule has 4 aliphatic carbocycles. The van der Waals surface area contributed by atoms with Crippen molar-refractivity contribution in [3.05, 3.63) is 0 Å². The van der Waals surface area contributed by atoms with Gasteiger partial charge in [-0.15, -0.1) is 0 Å². The normalized spacial score (nSPS) is 54.9. The highest BCUT2D eigenvalue weighted by molar-refractivity contribution is 5.75. The van der Waals surface area contributed by atoms with Crippen LogP contribution in [0.1, 0.15) is 32.1 Å². The smallest absolute Gasteiger partial charge is 0.309 e. The third-order valence-corrected chi connectivity index (χ3v) is 4.80. The third-order valence-electron chi connectivity index (χ3n) is 4.80. The molecule has 0 aliphatic heterocycles. The molecule has 0 radical (unpaired) electrons. The molecule has 1 unspecified atom stereocenters. The van der Waals surface area contributed by atoms with Crippen LogP contribution in [0.25, 0.3) is 0 Å². The van der Waals surface area contributed by atoms with E-state index in [0.717, 1.165) is 19.3 Å². The van der Waals surface area contributed by atoms with Gasteiger partial charge in [-0.05, 0) is 49.9 Å². The van der Waals surface area contributed by atoms with Crippen molar-refractivity contribution < 1.29 is 9.90 Å². The minimum absolute atomic E-state index is 0.291. The van der Waals surface area contributed by atoms with Gasteiger partial charge >= 0.3 is 5.97 Å². The van der Waals surface area contributed by atoms with Gasteiger partial charge in [0.25, 0.3) is 0 Å². The van der Waals surface area contributed by atoms with Gasteiger partial charge in [0.15, 0.2) is 0 Å². The summed E-state index contributed by atoms with van der Waals surface area (Å²) in [4.78, 5) is 11.3. The van der Waals surface area contributed by atoms with Gasteiger partial charge in [0.05, 0.1) is 5.41 Å². The molecule has 14 heavy (non-hydrogen) atoms. The largest absolute Gasteiger partial charge is 0.481 e. The van der Waals surface area contributed by atoms with E-state index in [9.17, 15) is 9.90 Å². The molecule has 3 nitrogen and oxygen atoms in total. The number of aliphatic carboxylic acids is 1. The molecule has 3 heteroatoms. The Morgan fingerprint density at radius 1 is 1.21 bits per heavy atom. The third kappa shape index (κ3) is 0.937. The van der Waals surface area contributed by atoms with Crippen molar-refractivity contribution in [2.24, 2.45) is 28.9 Å². The van der Waals surface area contributed by atoms with E-state index in [0.29, 0.717) is 23.8 Å². The highest BCUT2D eigenvalue weighted by Gasteiger charge is 2.57. The topological polar surface area (TPSA) is 63.3 Å². The van der Waals surface area contributed by atoms with Crippen LogP contribution in [0.4, 0.5) is 0 Å². The second kappa shape index (κ2) is 2.51. The number of carbonyl (C=O) groups is 1. The maximum atomic E-state index is 11.3. The fourth-order valence-electron chi connectivity index (χ4n) is 4.33. The molecule has 0 aromatic carbocycles. The molecule has 4 aliphatic rings. The van der Waals surface area contributed by atoms with Gasteiger partial charge in [-0.1, -0.05) is 0 Å². The molecule has 0 amide bonds. The molecule has 78 valence electrons. The first kappa shape index (κ1) is 8.72. The summed E-state index contributed by atoms with van der Waals surface area (Å²) in [7, 11) is 0. The average Bonchev–Trinajstić information content (AvgIpc) is 2.12. The molecule has 5 atom stereocenters. The van der Waals surface area contributed by atoms with Crippen LogP contribution in [-0.2, 0) is 4.79 Å². The monoisotopic (exact) mass is 195 g/mol. The SMILES string of the molecule is N[C@@H]1[C@@H]2CC3C[C@H]1C[C@@](C(=O)O)(C3)C2. The first-order chi connectivity index (χ1) is 6.61. The zero-order valence-electron chi connectivity index (χ0n) is 8.28. The summed E-state index contributed by atoms with van der Waals surface area (Å²) in [5.74, 6) is 1.09. The lowest BCUT2D eigenvalue weighted by Crippen LogP contribution is -2.58. The zero-order chi connectivity index (χ0) is 9.92. The highest BCUT2D eigenvalue weighted by atomic mass is 16.4. The Bertz CT molecular complexity index is 273. The Kier molecular flexibility index (Phi) is 1.56. The molecule has 0 aromatic heterocycles. The zero-order valence-corrected chi connectivity index (χ0v) is 8.28. The molecule has 4 fully saturated rings. The lowest BCUT2D eigenvalue weighted by Gasteiger charge is -2.57. The Morgan fingerprint density at radius 2 is 1.79 bits per heavy atom. The summed E-state index contributed by atoms with van der Waals surface area (Å²) < 4.78 is 0. The van der Waals surface area contributed by atoms with Gasteiger partial charge in [-0.2, -0.15) is 0 Å². The predicted octanol–water partition coefficient (Wildman–Crippen LogP) is 1.22. The van der Waals surface area contributed by atoms with E-state index in [-0.39, 0.29) is 5.41 Å². The number of carboxylic acid groups (broad SMARTS) is 1. The number of hydrogen-bond donors (Lipinski definition) is 2. The molecular weight excluding hydrogens is 178 g/mol. The summed E-state index contributed by atoms with van der Waals surface area (Å²) in [5, 5.41) is 9.32. The fraction of sp³-hybridized carbons (Fsp3) is 0.909. The van der Waals surface area contributed by atoms with Gasteiger partial charge in [0.1, 0.15) is 0 Å². The van der Waals surface area contributed by atoms with E-state index in [1.54, 1.807) is 0 Å². The van der Waals surface area contributed by atoms with E-state index in [1.165, 1.54) is 12.8 Å². The van der Waals surface area contributed by atoms with Crippen molar-refractivity contribution >= 4 is 5.97 Å². The van der Waals surface area contributed by atoms with Gasteiger partial charge in [0.2, 0.25) is 0 Å². The van der Waals surface area contributed by atoms with Crippen molar-refractivity contribution in [1.29, 1.82) is 0 Å². The summed E-state index contributed by atoms with van der Waals surface area (Å²) in [6.07, 6.45) is 4.98. The molecule has 4 bridgehead atoms. The van der Waals surface area contributed by atoms with Crippen LogP contribution in [0.2, 0.25) is 0 Å². The highest BCUT2D eigenvalue weighted by Crippen LogP contribution is 2.59. The van der Waals surface area contributed by atoms with E-state index < -0.39 is 5.97 Å². The van der Waals surface area contributed by atoms with Crippen molar-refractivity contribution in [1.82, 2.24) is 0 Å². The molecular formula is C11H17NO2. The van der Waals surface area contributed by atoms with Crippen molar-refractivity contribution in [2.75, 3.05) is 0 Å². The maximum Gasteiger partial charge on any atom is 0.309 e. The summed E-state index contributed by atoms with van der Waals surface area (Å²) in [6.45, 7) is 0. The summed E-state index contributed by atoms with van der Waals surface area (Å²) in [5.41, 5.74) is 5.75. The van der Waals surface area contributed by atoms with Crippen LogP contribution >= 0.6 is 0 Å². The lowest BCUT2D eigenvalue weighted by molar-refractivity contribution is -0.166. The summed E-state index contributed by atoms with van der Waals surface area (Å²) >= 11 is 0. The van der Waals surface area contributed by atoms with Crippen molar-refractivity contribution in [2.45, 2.75) is 38.1 Å². The van der Waals surface area contributed by atoms with Gasteiger partial charge < -0.3 is 10.8 Å². The van der Waals surface area contributed by atoms with Gasteiger partial charge in [-0.25, -0.2) is 0 Å². The molecule has 0 saturated heterocycles. The first-order valence-electron chi connectivity index (χ1n) is 5.60. The minimum atomic E-state index is -0.566. The van der Waals surface area contributed by atoms with Gasteiger partial charge in [-0.3, -0.25) is 4.79 Å². The van der Waals surface area contributed by atoms with Crippen LogP contribution in [0.3, 0.4) is 0 Å². The number of rotatable bonds is 1. The Morgan fingerprint density at radius 3 is 2.29 bits per heavy atom. The fourth-order valence-corrected chi connectivity index (χ4v) is 4.33. The van der Waals surface area contributed by atoms with Crippen molar-refractivity contribution in [3.8, 4) is 0 Å². The number of carboxylic acids is 1.